The van der Waals surface area contributed by atoms with Crippen molar-refractivity contribution in [1.29, 1.82) is 5.41 Å². The molecule has 0 radical (unpaired) electrons. The van der Waals surface area contributed by atoms with E-state index < -0.39 is 0 Å². The van der Waals surface area contributed by atoms with Gasteiger partial charge in [-0.15, -0.1) is 0 Å². The molecule has 0 aliphatic rings. The molecule has 0 saturated heterocycles. The summed E-state index contributed by atoms with van der Waals surface area (Å²) in [4.78, 5) is 13.3. The fourth-order valence-electron chi connectivity index (χ4n) is 2.03. The highest BCUT2D eigenvalue weighted by Gasteiger charge is 2.14. The van der Waals surface area contributed by atoms with Crippen molar-refractivity contribution >= 4 is 17.6 Å². The summed E-state index contributed by atoms with van der Waals surface area (Å²) in [6.07, 6.45) is 0. The number of nitrogens with one attached hydrogen (secondary N) is 1. The van der Waals surface area contributed by atoms with Gasteiger partial charge in [0, 0.05) is 17.1 Å². The van der Waals surface area contributed by atoms with Gasteiger partial charge in [-0.2, -0.15) is 0 Å². The number of pyridine rings is 1. The molecule has 0 spiro atoms. The fourth-order valence-corrected chi connectivity index (χ4v) is 3.14. The van der Waals surface area contributed by atoms with E-state index in [0.717, 1.165) is 22.6 Å². The Hall–Kier alpha value is -1.95. The second kappa shape index (κ2) is 5.58. The maximum absolute atomic E-state index is 7.72. The Balaban J connectivity index is 2.49. The first-order valence-corrected chi connectivity index (χ1v) is 7.01. The highest BCUT2D eigenvalue weighted by atomic mass is 32.2. The van der Waals surface area contributed by atoms with Crippen LogP contribution in [0.25, 0.3) is 0 Å². The summed E-state index contributed by atoms with van der Waals surface area (Å²) < 4.78 is 0. The smallest absolute Gasteiger partial charge is 0.194 e. The summed E-state index contributed by atoms with van der Waals surface area (Å²) in [7, 11) is 0. The van der Waals surface area contributed by atoms with Crippen LogP contribution in [-0.2, 0) is 0 Å². The van der Waals surface area contributed by atoms with Crippen molar-refractivity contribution in [3.8, 4) is 0 Å². The van der Waals surface area contributed by atoms with Gasteiger partial charge in [-0.05, 0) is 57.2 Å². The van der Waals surface area contributed by atoms with Gasteiger partial charge >= 0.3 is 0 Å². The number of nitrogen functional groups attached to an aromatic ring is 1. The topological polar surface area (TPSA) is 88.5 Å². The lowest BCUT2D eigenvalue weighted by atomic mass is 10.1. The number of aryl methyl sites for hydroxylation is 4. The predicted octanol–water partition coefficient (Wildman–Crippen LogP) is 2.54. The lowest BCUT2D eigenvalue weighted by Gasteiger charge is -2.11. The summed E-state index contributed by atoms with van der Waals surface area (Å²) in [5, 5.41) is 9.03. The molecule has 2 rings (SSSR count). The molecule has 104 valence electrons. The molecule has 2 aromatic rings. The number of amidine groups is 1. The summed E-state index contributed by atoms with van der Waals surface area (Å²) >= 11 is 1.35. The first-order valence-electron chi connectivity index (χ1n) is 6.19. The highest BCUT2D eigenvalue weighted by Crippen LogP contribution is 2.28. The van der Waals surface area contributed by atoms with Crippen LogP contribution in [0.2, 0.25) is 0 Å². The minimum atomic E-state index is 0.0156. The first-order chi connectivity index (χ1) is 9.36. The summed E-state index contributed by atoms with van der Waals surface area (Å²) in [5.74, 6) is 0.0156. The van der Waals surface area contributed by atoms with Gasteiger partial charge < -0.3 is 5.73 Å². The van der Waals surface area contributed by atoms with Crippen molar-refractivity contribution in [1.82, 2.24) is 15.0 Å². The summed E-state index contributed by atoms with van der Waals surface area (Å²) in [6, 6.07) is 3.84. The summed E-state index contributed by atoms with van der Waals surface area (Å²) in [6.45, 7) is 7.71. The van der Waals surface area contributed by atoms with Crippen molar-refractivity contribution in [3.05, 3.63) is 40.3 Å². The number of nitrogens with two attached hydrogens (primary N) is 1. The molecule has 0 aromatic carbocycles. The zero-order valence-corrected chi connectivity index (χ0v) is 12.8. The van der Waals surface area contributed by atoms with Crippen molar-refractivity contribution in [3.63, 3.8) is 0 Å². The van der Waals surface area contributed by atoms with Crippen LogP contribution in [0.3, 0.4) is 0 Å². The van der Waals surface area contributed by atoms with Gasteiger partial charge in [-0.1, -0.05) is 0 Å². The van der Waals surface area contributed by atoms with E-state index >= 15 is 0 Å². The largest absolute Gasteiger partial charge is 0.384 e. The Morgan fingerprint density at radius 1 is 1.00 bits per heavy atom. The van der Waals surface area contributed by atoms with Crippen LogP contribution in [0.4, 0.5) is 0 Å². The van der Waals surface area contributed by atoms with Gasteiger partial charge in [0.1, 0.15) is 10.9 Å². The minimum absolute atomic E-state index is 0.0156. The normalized spacial score (nSPS) is 10.6. The molecule has 2 heterocycles. The lowest BCUT2D eigenvalue weighted by Crippen LogP contribution is -2.15. The van der Waals surface area contributed by atoms with Crippen LogP contribution in [0.15, 0.2) is 22.3 Å². The molecule has 0 atom stereocenters. The van der Waals surface area contributed by atoms with Gasteiger partial charge in [0.15, 0.2) is 5.16 Å². The number of hydrogen-bond acceptors (Lipinski definition) is 5. The maximum Gasteiger partial charge on any atom is 0.194 e. The number of hydrogen-bond donors (Lipinski definition) is 2. The average molecular weight is 287 g/mol. The van der Waals surface area contributed by atoms with E-state index in [1.807, 2.05) is 39.8 Å². The van der Waals surface area contributed by atoms with Gasteiger partial charge in [0.2, 0.25) is 0 Å². The number of nitrogens with zero attached hydrogens (tertiary/aromatic N) is 3. The SMILES string of the molecule is Cc1cc(C)nc(Sc2nc(C)cc(C)c2C(=N)N)n1. The molecule has 0 fully saturated rings. The third-order valence-corrected chi connectivity index (χ3v) is 3.58. The highest BCUT2D eigenvalue weighted by molar-refractivity contribution is 7.99. The van der Waals surface area contributed by atoms with Crippen molar-refractivity contribution in [2.45, 2.75) is 37.9 Å². The Bertz CT molecular complexity index is 661. The van der Waals surface area contributed by atoms with E-state index in [1.54, 1.807) is 0 Å². The lowest BCUT2D eigenvalue weighted by molar-refractivity contribution is 0.896. The molecule has 0 aliphatic carbocycles. The van der Waals surface area contributed by atoms with Crippen LogP contribution in [0.5, 0.6) is 0 Å². The Labute approximate surface area is 122 Å². The quantitative estimate of drug-likeness (QED) is 0.514. The summed E-state index contributed by atoms with van der Waals surface area (Å²) in [5.41, 5.74) is 9.98. The molecular formula is C14H17N5S. The van der Waals surface area contributed by atoms with E-state index in [0.29, 0.717) is 15.7 Å². The molecule has 20 heavy (non-hydrogen) atoms. The zero-order chi connectivity index (χ0) is 14.9. The van der Waals surface area contributed by atoms with Crippen LogP contribution in [0, 0.1) is 33.1 Å². The number of aromatic nitrogens is 3. The minimum Gasteiger partial charge on any atom is -0.384 e. The standard InChI is InChI=1S/C14H17N5S/c1-7-5-8(2)17-13(11(7)12(15)16)20-14-18-9(3)6-10(4)19-14/h5-6H,1-4H3,(H3,15,16). The van der Waals surface area contributed by atoms with Gasteiger partial charge in [0.05, 0.1) is 5.56 Å². The molecule has 0 saturated carbocycles. The second-order valence-electron chi connectivity index (χ2n) is 4.71. The maximum atomic E-state index is 7.72. The molecule has 3 N–H and O–H groups in total. The Morgan fingerprint density at radius 3 is 2.10 bits per heavy atom. The molecule has 5 nitrogen and oxygen atoms in total. The van der Waals surface area contributed by atoms with Crippen LogP contribution >= 0.6 is 11.8 Å². The van der Waals surface area contributed by atoms with E-state index in [1.165, 1.54) is 11.8 Å². The van der Waals surface area contributed by atoms with Crippen molar-refractivity contribution < 1.29 is 0 Å². The van der Waals surface area contributed by atoms with Gasteiger partial charge in [-0.25, -0.2) is 15.0 Å². The Kier molecular flexibility index (Phi) is 4.04. The molecule has 0 unspecified atom stereocenters. The van der Waals surface area contributed by atoms with E-state index in [2.05, 4.69) is 15.0 Å². The van der Waals surface area contributed by atoms with Gasteiger partial charge in [0.25, 0.3) is 0 Å². The monoisotopic (exact) mass is 287 g/mol. The Morgan fingerprint density at radius 2 is 1.55 bits per heavy atom. The molecule has 0 amide bonds. The van der Waals surface area contributed by atoms with E-state index in [4.69, 9.17) is 11.1 Å². The predicted molar refractivity (Wildman–Crippen MR) is 80.4 cm³/mol. The second-order valence-corrected chi connectivity index (χ2v) is 5.67. The van der Waals surface area contributed by atoms with Crippen molar-refractivity contribution in [2.24, 2.45) is 5.73 Å². The molecular weight excluding hydrogens is 270 g/mol. The third kappa shape index (κ3) is 3.14. The van der Waals surface area contributed by atoms with Crippen LogP contribution in [-0.4, -0.2) is 20.8 Å². The fraction of sp³-hybridized carbons (Fsp3) is 0.286. The van der Waals surface area contributed by atoms with Crippen LogP contribution < -0.4 is 5.73 Å². The van der Waals surface area contributed by atoms with E-state index in [9.17, 15) is 0 Å². The van der Waals surface area contributed by atoms with Crippen LogP contribution in [0.1, 0.15) is 28.2 Å². The average Bonchev–Trinajstić information content (AvgIpc) is 2.25. The molecule has 0 aliphatic heterocycles. The third-order valence-electron chi connectivity index (χ3n) is 2.73. The number of rotatable bonds is 3. The molecule has 2 aromatic heterocycles. The van der Waals surface area contributed by atoms with Crippen molar-refractivity contribution in [2.75, 3.05) is 0 Å². The molecule has 0 bridgehead atoms. The van der Waals surface area contributed by atoms with Gasteiger partial charge in [-0.3, -0.25) is 5.41 Å². The van der Waals surface area contributed by atoms with E-state index in [-0.39, 0.29) is 5.84 Å². The molecule has 6 heteroatoms. The first kappa shape index (κ1) is 14.5. The zero-order valence-electron chi connectivity index (χ0n) is 12.0.